The van der Waals surface area contributed by atoms with Gasteiger partial charge in [0.2, 0.25) is 0 Å². The normalized spacial score (nSPS) is 12.8. The summed E-state index contributed by atoms with van der Waals surface area (Å²) in [5.41, 5.74) is 1.07. The van der Waals surface area contributed by atoms with E-state index in [1.165, 1.54) is 0 Å². The fourth-order valence-electron chi connectivity index (χ4n) is 1.41. The van der Waals surface area contributed by atoms with Crippen LogP contribution in [0, 0.1) is 5.92 Å². The monoisotopic (exact) mass is 223 g/mol. The highest BCUT2D eigenvalue weighted by Gasteiger charge is 2.04. The highest BCUT2D eigenvalue weighted by Crippen LogP contribution is 2.13. The maximum atomic E-state index is 5.08. The van der Waals surface area contributed by atoms with Crippen LogP contribution in [0.4, 0.5) is 5.82 Å². The van der Waals surface area contributed by atoms with E-state index in [0.717, 1.165) is 24.7 Å². The Hall–Kier alpha value is -1.16. The third kappa shape index (κ3) is 4.14. The molecular formula is C12H21N3O. The number of aromatic nitrogens is 2. The lowest BCUT2D eigenvalue weighted by molar-refractivity contribution is 0.164. The van der Waals surface area contributed by atoms with Crippen molar-refractivity contribution in [1.29, 1.82) is 0 Å². The van der Waals surface area contributed by atoms with E-state index in [1.807, 2.05) is 6.07 Å². The van der Waals surface area contributed by atoms with Gasteiger partial charge in [0.15, 0.2) is 0 Å². The molecule has 0 amide bonds. The van der Waals surface area contributed by atoms with Crippen LogP contribution in [0.15, 0.2) is 12.4 Å². The molecule has 0 aliphatic carbocycles. The Morgan fingerprint density at radius 3 is 2.69 bits per heavy atom. The van der Waals surface area contributed by atoms with Crippen molar-refractivity contribution in [2.75, 3.05) is 25.6 Å². The molecule has 0 bridgehead atoms. The van der Waals surface area contributed by atoms with Crippen molar-refractivity contribution in [3.8, 4) is 0 Å². The molecular weight excluding hydrogens is 202 g/mol. The van der Waals surface area contributed by atoms with E-state index in [-0.39, 0.29) is 0 Å². The molecule has 1 atom stereocenters. The first-order chi connectivity index (χ1) is 7.63. The second kappa shape index (κ2) is 6.43. The van der Waals surface area contributed by atoms with Gasteiger partial charge in [0.05, 0.1) is 6.61 Å². The largest absolute Gasteiger partial charge is 0.384 e. The van der Waals surface area contributed by atoms with Crippen molar-refractivity contribution in [1.82, 2.24) is 9.97 Å². The number of methoxy groups -OCH3 is 1. The Bertz CT molecular complexity index is 315. The van der Waals surface area contributed by atoms with Crippen molar-refractivity contribution in [3.05, 3.63) is 18.1 Å². The molecule has 0 saturated heterocycles. The molecule has 90 valence electrons. The fourth-order valence-corrected chi connectivity index (χ4v) is 1.41. The zero-order chi connectivity index (χ0) is 12.0. The molecule has 4 nitrogen and oxygen atoms in total. The zero-order valence-corrected chi connectivity index (χ0v) is 10.5. The van der Waals surface area contributed by atoms with E-state index in [4.69, 9.17) is 4.74 Å². The molecule has 1 N–H and O–H groups in total. The van der Waals surface area contributed by atoms with Gasteiger partial charge < -0.3 is 10.1 Å². The molecule has 1 unspecified atom stereocenters. The molecule has 4 heteroatoms. The molecule has 1 heterocycles. The highest BCUT2D eigenvalue weighted by atomic mass is 16.5. The molecule has 0 radical (unpaired) electrons. The lowest BCUT2D eigenvalue weighted by Gasteiger charge is -2.12. The Morgan fingerprint density at radius 2 is 2.06 bits per heavy atom. The van der Waals surface area contributed by atoms with Gasteiger partial charge in [-0.15, -0.1) is 0 Å². The lowest BCUT2D eigenvalue weighted by Crippen LogP contribution is -2.16. The van der Waals surface area contributed by atoms with Crippen molar-refractivity contribution in [2.24, 2.45) is 5.92 Å². The molecule has 0 aliphatic heterocycles. The number of ether oxygens (including phenoxy) is 1. The van der Waals surface area contributed by atoms with Gasteiger partial charge in [0.25, 0.3) is 0 Å². The van der Waals surface area contributed by atoms with E-state index in [2.05, 4.69) is 36.1 Å². The summed E-state index contributed by atoms with van der Waals surface area (Å²) in [6, 6.07) is 2.00. The van der Waals surface area contributed by atoms with Gasteiger partial charge in [-0.2, -0.15) is 0 Å². The first-order valence-electron chi connectivity index (χ1n) is 5.68. The van der Waals surface area contributed by atoms with Crippen LogP contribution < -0.4 is 5.32 Å². The van der Waals surface area contributed by atoms with Gasteiger partial charge in [0, 0.05) is 25.4 Å². The molecule has 0 fully saturated rings. The minimum Gasteiger partial charge on any atom is -0.384 e. The third-order valence-corrected chi connectivity index (χ3v) is 2.36. The number of hydrogen-bond acceptors (Lipinski definition) is 4. The molecule has 0 aliphatic rings. The predicted molar refractivity (Wildman–Crippen MR) is 65.7 cm³/mol. The van der Waals surface area contributed by atoms with Gasteiger partial charge in [-0.25, -0.2) is 9.97 Å². The topological polar surface area (TPSA) is 47.0 Å². The van der Waals surface area contributed by atoms with E-state index in [1.54, 1.807) is 13.4 Å². The second-order valence-electron chi connectivity index (χ2n) is 4.42. The van der Waals surface area contributed by atoms with Gasteiger partial charge >= 0.3 is 0 Å². The summed E-state index contributed by atoms with van der Waals surface area (Å²) in [6.07, 6.45) is 1.61. The number of nitrogens with zero attached hydrogens (tertiary/aromatic N) is 2. The SMILES string of the molecule is COCC(C)CNc1cc(C(C)C)ncn1. The van der Waals surface area contributed by atoms with Crippen molar-refractivity contribution < 1.29 is 4.74 Å². The smallest absolute Gasteiger partial charge is 0.129 e. The number of rotatable bonds is 6. The Morgan fingerprint density at radius 1 is 1.31 bits per heavy atom. The fraction of sp³-hybridized carbons (Fsp3) is 0.667. The standard InChI is InChI=1S/C12H21N3O/c1-9(2)11-5-12(15-8-14-11)13-6-10(3)7-16-4/h5,8-10H,6-7H2,1-4H3,(H,13,14,15). The molecule has 16 heavy (non-hydrogen) atoms. The summed E-state index contributed by atoms with van der Waals surface area (Å²) < 4.78 is 5.08. The molecule has 0 spiro atoms. The van der Waals surface area contributed by atoms with Crippen molar-refractivity contribution in [2.45, 2.75) is 26.7 Å². The van der Waals surface area contributed by atoms with Crippen LogP contribution >= 0.6 is 0 Å². The van der Waals surface area contributed by atoms with Crippen LogP contribution in [0.2, 0.25) is 0 Å². The van der Waals surface area contributed by atoms with E-state index < -0.39 is 0 Å². The molecule has 0 saturated carbocycles. The van der Waals surface area contributed by atoms with Crippen LogP contribution in [0.1, 0.15) is 32.4 Å². The van der Waals surface area contributed by atoms with Gasteiger partial charge in [-0.3, -0.25) is 0 Å². The van der Waals surface area contributed by atoms with E-state index >= 15 is 0 Å². The average molecular weight is 223 g/mol. The van der Waals surface area contributed by atoms with Crippen molar-refractivity contribution >= 4 is 5.82 Å². The predicted octanol–water partition coefficient (Wildman–Crippen LogP) is 2.29. The third-order valence-electron chi connectivity index (χ3n) is 2.36. The van der Waals surface area contributed by atoms with Gasteiger partial charge in [0.1, 0.15) is 12.1 Å². The summed E-state index contributed by atoms with van der Waals surface area (Å²) in [4.78, 5) is 8.42. The number of hydrogen-bond donors (Lipinski definition) is 1. The van der Waals surface area contributed by atoms with Gasteiger partial charge in [-0.1, -0.05) is 20.8 Å². The van der Waals surface area contributed by atoms with Crippen LogP contribution in [-0.4, -0.2) is 30.2 Å². The maximum absolute atomic E-state index is 5.08. The summed E-state index contributed by atoms with van der Waals surface area (Å²) in [6.45, 7) is 8.01. The zero-order valence-electron chi connectivity index (χ0n) is 10.5. The minimum absolute atomic E-state index is 0.431. The average Bonchev–Trinajstić information content (AvgIpc) is 2.27. The molecule has 1 aromatic heterocycles. The highest BCUT2D eigenvalue weighted by molar-refractivity contribution is 5.35. The first-order valence-corrected chi connectivity index (χ1v) is 5.68. The molecule has 1 rings (SSSR count). The lowest BCUT2D eigenvalue weighted by atomic mass is 10.1. The van der Waals surface area contributed by atoms with Crippen molar-refractivity contribution in [3.63, 3.8) is 0 Å². The Kier molecular flexibility index (Phi) is 5.19. The Balaban J connectivity index is 2.50. The van der Waals surface area contributed by atoms with Crippen LogP contribution in [0.3, 0.4) is 0 Å². The van der Waals surface area contributed by atoms with Crippen LogP contribution in [-0.2, 0) is 4.74 Å². The second-order valence-corrected chi connectivity index (χ2v) is 4.42. The van der Waals surface area contributed by atoms with Gasteiger partial charge in [-0.05, 0) is 11.8 Å². The number of nitrogens with one attached hydrogen (secondary N) is 1. The number of anilines is 1. The summed E-state index contributed by atoms with van der Waals surface area (Å²) in [7, 11) is 1.72. The van der Waals surface area contributed by atoms with E-state index in [9.17, 15) is 0 Å². The molecule has 0 aromatic carbocycles. The summed E-state index contributed by atoms with van der Waals surface area (Å²) in [5.74, 6) is 1.80. The summed E-state index contributed by atoms with van der Waals surface area (Å²) >= 11 is 0. The Labute approximate surface area is 97.5 Å². The van der Waals surface area contributed by atoms with Crippen LogP contribution in [0.25, 0.3) is 0 Å². The minimum atomic E-state index is 0.431. The maximum Gasteiger partial charge on any atom is 0.129 e. The van der Waals surface area contributed by atoms with Crippen LogP contribution in [0.5, 0.6) is 0 Å². The first kappa shape index (κ1) is 12.9. The quantitative estimate of drug-likeness (QED) is 0.803. The van der Waals surface area contributed by atoms with E-state index in [0.29, 0.717) is 11.8 Å². The molecule has 1 aromatic rings. The summed E-state index contributed by atoms with van der Waals surface area (Å²) in [5, 5.41) is 3.29.